The lowest BCUT2D eigenvalue weighted by molar-refractivity contribution is 0.0948. The predicted molar refractivity (Wildman–Crippen MR) is 73.9 cm³/mol. The van der Waals surface area contributed by atoms with Gasteiger partial charge in [-0.25, -0.2) is 4.98 Å². The van der Waals surface area contributed by atoms with Gasteiger partial charge in [0.1, 0.15) is 5.69 Å². The number of hydrogen-bond acceptors (Lipinski definition) is 3. The molecule has 0 bridgehead atoms. The Morgan fingerprint density at radius 3 is 2.53 bits per heavy atom. The predicted octanol–water partition coefficient (Wildman–Crippen LogP) is 2.01. The lowest BCUT2D eigenvalue weighted by atomic mass is 10.1. The molecule has 0 atom stereocenters. The molecule has 2 rings (SSSR count). The van der Waals surface area contributed by atoms with Crippen LogP contribution in [0.2, 0.25) is 0 Å². The largest absolute Gasteiger partial charge is 0.350 e. The Kier molecular flexibility index (Phi) is 4.61. The molecule has 98 valence electrons. The maximum atomic E-state index is 11.7. The van der Waals surface area contributed by atoms with Gasteiger partial charge in [-0.1, -0.05) is 31.2 Å². The van der Waals surface area contributed by atoms with Crippen LogP contribution in [-0.4, -0.2) is 22.4 Å². The summed E-state index contributed by atoms with van der Waals surface area (Å²) in [6.45, 7) is 2.73. The van der Waals surface area contributed by atoms with Crippen molar-refractivity contribution in [2.24, 2.45) is 0 Å². The molecule has 1 aromatic heterocycles. The van der Waals surface area contributed by atoms with Crippen molar-refractivity contribution in [3.8, 4) is 0 Å². The van der Waals surface area contributed by atoms with Crippen LogP contribution in [0.15, 0.2) is 42.9 Å². The number of aromatic nitrogens is 2. The van der Waals surface area contributed by atoms with Gasteiger partial charge in [0.15, 0.2) is 0 Å². The van der Waals surface area contributed by atoms with E-state index in [9.17, 15) is 4.79 Å². The fraction of sp³-hybridized carbons (Fsp3) is 0.267. The number of rotatable bonds is 5. The average Bonchev–Trinajstić information content (AvgIpc) is 2.49. The van der Waals surface area contributed by atoms with Crippen LogP contribution in [0.4, 0.5) is 0 Å². The summed E-state index contributed by atoms with van der Waals surface area (Å²) < 4.78 is 0. The molecular weight excluding hydrogens is 238 g/mol. The van der Waals surface area contributed by atoms with Gasteiger partial charge in [0.05, 0.1) is 6.20 Å². The normalized spacial score (nSPS) is 10.2. The van der Waals surface area contributed by atoms with Gasteiger partial charge in [-0.15, -0.1) is 0 Å². The first-order valence-corrected chi connectivity index (χ1v) is 6.41. The number of carbonyl (C=O) groups is 1. The molecular formula is C15H17N3O. The van der Waals surface area contributed by atoms with Gasteiger partial charge < -0.3 is 5.32 Å². The molecule has 0 unspecified atom stereocenters. The minimum Gasteiger partial charge on any atom is -0.350 e. The zero-order valence-electron chi connectivity index (χ0n) is 11.0. The second-order valence-electron chi connectivity index (χ2n) is 4.27. The molecule has 0 radical (unpaired) electrons. The lowest BCUT2D eigenvalue weighted by Crippen LogP contribution is -2.26. The van der Waals surface area contributed by atoms with Crippen LogP contribution in [0.1, 0.15) is 28.5 Å². The molecule has 0 saturated carbocycles. The summed E-state index contributed by atoms with van der Waals surface area (Å²) in [7, 11) is 0. The number of carbonyl (C=O) groups excluding carboxylic acids is 1. The summed E-state index contributed by atoms with van der Waals surface area (Å²) in [5, 5.41) is 2.83. The Labute approximate surface area is 112 Å². The van der Waals surface area contributed by atoms with E-state index in [1.807, 2.05) is 0 Å². The van der Waals surface area contributed by atoms with Crippen molar-refractivity contribution >= 4 is 5.91 Å². The van der Waals surface area contributed by atoms with Crippen molar-refractivity contribution in [2.45, 2.75) is 19.8 Å². The van der Waals surface area contributed by atoms with Gasteiger partial charge in [0, 0.05) is 18.9 Å². The van der Waals surface area contributed by atoms with Crippen LogP contribution in [0, 0.1) is 0 Å². The number of nitrogens with one attached hydrogen (secondary N) is 1. The van der Waals surface area contributed by atoms with Gasteiger partial charge >= 0.3 is 0 Å². The molecule has 0 fully saturated rings. The fourth-order valence-corrected chi connectivity index (χ4v) is 1.77. The molecule has 0 aliphatic carbocycles. The summed E-state index contributed by atoms with van der Waals surface area (Å²) in [5.74, 6) is -0.182. The van der Waals surface area contributed by atoms with Crippen LogP contribution in [0.25, 0.3) is 0 Å². The van der Waals surface area contributed by atoms with Crippen LogP contribution < -0.4 is 5.32 Å². The molecule has 2 aromatic rings. The van der Waals surface area contributed by atoms with Gasteiger partial charge in [-0.05, 0) is 24.0 Å². The van der Waals surface area contributed by atoms with Gasteiger partial charge in [-0.3, -0.25) is 9.78 Å². The van der Waals surface area contributed by atoms with Crippen LogP contribution in [0.5, 0.6) is 0 Å². The van der Waals surface area contributed by atoms with Gasteiger partial charge in [0.2, 0.25) is 0 Å². The molecule has 1 heterocycles. The number of nitrogens with zero attached hydrogens (tertiary/aromatic N) is 2. The van der Waals surface area contributed by atoms with E-state index in [0.717, 1.165) is 12.8 Å². The van der Waals surface area contributed by atoms with E-state index < -0.39 is 0 Å². The van der Waals surface area contributed by atoms with Gasteiger partial charge in [0.25, 0.3) is 5.91 Å². The zero-order valence-corrected chi connectivity index (χ0v) is 11.0. The Balaban J connectivity index is 1.81. The number of benzene rings is 1. The molecule has 1 aromatic carbocycles. The van der Waals surface area contributed by atoms with E-state index in [1.165, 1.54) is 23.5 Å². The highest BCUT2D eigenvalue weighted by Crippen LogP contribution is 2.05. The highest BCUT2D eigenvalue weighted by Gasteiger charge is 2.05. The summed E-state index contributed by atoms with van der Waals surface area (Å²) in [6.07, 6.45) is 6.38. The SMILES string of the molecule is CCc1ccc(CCNC(=O)c2cnccn2)cc1. The third-order valence-corrected chi connectivity index (χ3v) is 2.93. The van der Waals surface area contributed by atoms with Crippen molar-refractivity contribution in [3.63, 3.8) is 0 Å². The average molecular weight is 255 g/mol. The monoisotopic (exact) mass is 255 g/mol. The van der Waals surface area contributed by atoms with Crippen LogP contribution >= 0.6 is 0 Å². The van der Waals surface area contributed by atoms with Gasteiger partial charge in [-0.2, -0.15) is 0 Å². The van der Waals surface area contributed by atoms with Crippen molar-refractivity contribution in [1.29, 1.82) is 0 Å². The Bertz CT molecular complexity index is 523. The van der Waals surface area contributed by atoms with Crippen molar-refractivity contribution < 1.29 is 4.79 Å². The molecule has 0 aliphatic heterocycles. The standard InChI is InChI=1S/C15H17N3O/c1-2-12-3-5-13(6-4-12)7-8-18-15(19)14-11-16-9-10-17-14/h3-6,9-11H,2,7-8H2,1H3,(H,18,19). The molecule has 4 nitrogen and oxygen atoms in total. The third kappa shape index (κ3) is 3.88. The van der Waals surface area contributed by atoms with E-state index in [4.69, 9.17) is 0 Å². The number of aryl methyl sites for hydroxylation is 1. The second-order valence-corrected chi connectivity index (χ2v) is 4.27. The van der Waals surface area contributed by atoms with E-state index in [2.05, 4.69) is 46.5 Å². The molecule has 0 aliphatic rings. The van der Waals surface area contributed by atoms with E-state index in [-0.39, 0.29) is 5.91 Å². The highest BCUT2D eigenvalue weighted by molar-refractivity contribution is 5.91. The zero-order chi connectivity index (χ0) is 13.5. The van der Waals surface area contributed by atoms with Crippen molar-refractivity contribution in [1.82, 2.24) is 15.3 Å². The molecule has 0 saturated heterocycles. The first kappa shape index (κ1) is 13.2. The first-order valence-electron chi connectivity index (χ1n) is 6.41. The van der Waals surface area contributed by atoms with Crippen LogP contribution in [0.3, 0.4) is 0 Å². The minimum absolute atomic E-state index is 0.182. The summed E-state index contributed by atoms with van der Waals surface area (Å²) in [6, 6.07) is 8.46. The number of amides is 1. The topological polar surface area (TPSA) is 54.9 Å². The van der Waals surface area contributed by atoms with E-state index in [0.29, 0.717) is 12.2 Å². The maximum Gasteiger partial charge on any atom is 0.271 e. The highest BCUT2D eigenvalue weighted by atomic mass is 16.1. The van der Waals surface area contributed by atoms with Crippen molar-refractivity contribution in [3.05, 3.63) is 59.7 Å². The Hall–Kier alpha value is -2.23. The van der Waals surface area contributed by atoms with Crippen molar-refractivity contribution in [2.75, 3.05) is 6.54 Å². The Morgan fingerprint density at radius 1 is 1.16 bits per heavy atom. The molecule has 0 spiro atoms. The fourth-order valence-electron chi connectivity index (χ4n) is 1.77. The lowest BCUT2D eigenvalue weighted by Gasteiger charge is -2.05. The minimum atomic E-state index is -0.182. The van der Waals surface area contributed by atoms with E-state index in [1.54, 1.807) is 6.20 Å². The molecule has 4 heteroatoms. The summed E-state index contributed by atoms with van der Waals surface area (Å²) in [4.78, 5) is 19.5. The van der Waals surface area contributed by atoms with E-state index >= 15 is 0 Å². The maximum absolute atomic E-state index is 11.7. The number of hydrogen-bond donors (Lipinski definition) is 1. The first-order chi connectivity index (χ1) is 9.29. The smallest absolute Gasteiger partial charge is 0.271 e. The molecule has 1 N–H and O–H groups in total. The molecule has 19 heavy (non-hydrogen) atoms. The quantitative estimate of drug-likeness (QED) is 0.889. The summed E-state index contributed by atoms with van der Waals surface area (Å²) in [5.41, 5.74) is 2.90. The molecule has 1 amide bonds. The second kappa shape index (κ2) is 6.64. The van der Waals surface area contributed by atoms with Crippen LogP contribution in [-0.2, 0) is 12.8 Å². The summed E-state index contributed by atoms with van der Waals surface area (Å²) >= 11 is 0. The Morgan fingerprint density at radius 2 is 1.89 bits per heavy atom. The third-order valence-electron chi connectivity index (χ3n) is 2.93.